The molecule has 1 N–H and O–H groups in total. The molecule has 16 heavy (non-hydrogen) atoms. The van der Waals surface area contributed by atoms with Crippen LogP contribution in [0.15, 0.2) is 6.20 Å². The standard InChI is InChI=1S/C11H22N4O/c1-4-7-12-10(6-8-16-5-2)11-9-13-14-15(11)3/h9-10,12H,4-8H2,1-3H3. The fourth-order valence-corrected chi connectivity index (χ4v) is 1.63. The van der Waals surface area contributed by atoms with Crippen LogP contribution < -0.4 is 5.32 Å². The van der Waals surface area contributed by atoms with Gasteiger partial charge in [0.15, 0.2) is 0 Å². The molecule has 92 valence electrons. The summed E-state index contributed by atoms with van der Waals surface area (Å²) in [6.07, 6.45) is 3.89. The summed E-state index contributed by atoms with van der Waals surface area (Å²) in [6, 6.07) is 0.284. The van der Waals surface area contributed by atoms with E-state index in [0.717, 1.165) is 38.3 Å². The number of nitrogens with one attached hydrogen (secondary N) is 1. The smallest absolute Gasteiger partial charge is 0.0754 e. The Labute approximate surface area is 97.2 Å². The van der Waals surface area contributed by atoms with Gasteiger partial charge in [0, 0.05) is 20.3 Å². The first kappa shape index (κ1) is 13.1. The van der Waals surface area contributed by atoms with Crippen LogP contribution in [0.4, 0.5) is 0 Å². The van der Waals surface area contributed by atoms with E-state index >= 15 is 0 Å². The molecule has 1 aromatic rings. The third kappa shape index (κ3) is 3.90. The van der Waals surface area contributed by atoms with Gasteiger partial charge in [0.1, 0.15) is 0 Å². The summed E-state index contributed by atoms with van der Waals surface area (Å²) in [5.41, 5.74) is 1.12. The van der Waals surface area contributed by atoms with Crippen LogP contribution in [0.1, 0.15) is 38.4 Å². The molecule has 0 saturated heterocycles. The first-order chi connectivity index (χ1) is 7.79. The Morgan fingerprint density at radius 3 is 2.88 bits per heavy atom. The second kappa shape index (κ2) is 7.35. The highest BCUT2D eigenvalue weighted by molar-refractivity contribution is 5.01. The highest BCUT2D eigenvalue weighted by atomic mass is 16.5. The summed E-state index contributed by atoms with van der Waals surface area (Å²) >= 11 is 0. The number of hydrogen-bond acceptors (Lipinski definition) is 4. The predicted molar refractivity (Wildman–Crippen MR) is 63.1 cm³/mol. The van der Waals surface area contributed by atoms with Gasteiger partial charge in [-0.25, -0.2) is 0 Å². The summed E-state index contributed by atoms with van der Waals surface area (Å²) in [5, 5.41) is 11.4. The minimum absolute atomic E-state index is 0.284. The first-order valence-corrected chi connectivity index (χ1v) is 5.95. The highest BCUT2D eigenvalue weighted by Gasteiger charge is 2.14. The van der Waals surface area contributed by atoms with E-state index in [1.165, 1.54) is 0 Å². The Kier molecular flexibility index (Phi) is 6.03. The van der Waals surface area contributed by atoms with Crippen molar-refractivity contribution < 1.29 is 4.74 Å². The summed E-state index contributed by atoms with van der Waals surface area (Å²) in [5.74, 6) is 0. The van der Waals surface area contributed by atoms with Gasteiger partial charge in [-0.3, -0.25) is 4.68 Å². The number of nitrogens with zero attached hydrogens (tertiary/aromatic N) is 3. The zero-order valence-corrected chi connectivity index (χ0v) is 10.4. The normalized spacial score (nSPS) is 12.9. The molecule has 0 fully saturated rings. The molecule has 0 aliphatic carbocycles. The van der Waals surface area contributed by atoms with Crippen molar-refractivity contribution in [3.63, 3.8) is 0 Å². The zero-order valence-electron chi connectivity index (χ0n) is 10.4. The van der Waals surface area contributed by atoms with Gasteiger partial charge in [-0.05, 0) is 26.3 Å². The largest absolute Gasteiger partial charge is 0.382 e. The van der Waals surface area contributed by atoms with E-state index in [9.17, 15) is 0 Å². The van der Waals surface area contributed by atoms with Gasteiger partial charge in [-0.2, -0.15) is 0 Å². The maximum Gasteiger partial charge on any atom is 0.0754 e. The van der Waals surface area contributed by atoms with Crippen molar-refractivity contribution in [1.29, 1.82) is 0 Å². The van der Waals surface area contributed by atoms with Crippen LogP contribution in [-0.2, 0) is 11.8 Å². The Morgan fingerprint density at radius 2 is 2.31 bits per heavy atom. The number of rotatable bonds is 8. The summed E-state index contributed by atoms with van der Waals surface area (Å²) in [7, 11) is 1.92. The highest BCUT2D eigenvalue weighted by Crippen LogP contribution is 2.14. The molecule has 1 atom stereocenters. The molecule has 0 radical (unpaired) electrons. The maximum atomic E-state index is 5.39. The van der Waals surface area contributed by atoms with Crippen molar-refractivity contribution in [1.82, 2.24) is 20.3 Å². The fraction of sp³-hybridized carbons (Fsp3) is 0.818. The molecule has 0 saturated carbocycles. The van der Waals surface area contributed by atoms with Crippen molar-refractivity contribution >= 4 is 0 Å². The molecule has 0 aliphatic rings. The van der Waals surface area contributed by atoms with Crippen LogP contribution >= 0.6 is 0 Å². The van der Waals surface area contributed by atoms with Gasteiger partial charge in [0.05, 0.1) is 17.9 Å². The first-order valence-electron chi connectivity index (χ1n) is 5.95. The maximum absolute atomic E-state index is 5.39. The number of hydrogen-bond donors (Lipinski definition) is 1. The van der Waals surface area contributed by atoms with Crippen LogP contribution in [0.2, 0.25) is 0 Å². The van der Waals surface area contributed by atoms with Gasteiger partial charge in [0.2, 0.25) is 0 Å². The van der Waals surface area contributed by atoms with E-state index in [1.807, 2.05) is 24.9 Å². The van der Waals surface area contributed by atoms with E-state index in [-0.39, 0.29) is 6.04 Å². The van der Waals surface area contributed by atoms with Crippen LogP contribution in [0, 0.1) is 0 Å². The van der Waals surface area contributed by atoms with Gasteiger partial charge in [-0.1, -0.05) is 12.1 Å². The van der Waals surface area contributed by atoms with Crippen LogP contribution in [0.25, 0.3) is 0 Å². The fourth-order valence-electron chi connectivity index (χ4n) is 1.63. The Hall–Kier alpha value is -0.940. The third-order valence-corrected chi connectivity index (χ3v) is 2.50. The molecule has 0 aromatic carbocycles. The molecule has 1 heterocycles. The molecule has 1 rings (SSSR count). The lowest BCUT2D eigenvalue weighted by Gasteiger charge is -2.17. The molecule has 5 nitrogen and oxygen atoms in total. The van der Waals surface area contributed by atoms with Crippen molar-refractivity contribution in [2.24, 2.45) is 7.05 Å². The van der Waals surface area contributed by atoms with E-state index in [1.54, 1.807) is 0 Å². The molecule has 0 bridgehead atoms. The topological polar surface area (TPSA) is 52.0 Å². The van der Waals surface area contributed by atoms with Crippen LogP contribution in [-0.4, -0.2) is 34.8 Å². The van der Waals surface area contributed by atoms with Gasteiger partial charge in [0.25, 0.3) is 0 Å². The molecule has 1 unspecified atom stereocenters. The molecular formula is C11H22N4O. The quantitative estimate of drug-likeness (QED) is 0.678. The summed E-state index contributed by atoms with van der Waals surface area (Å²) in [6.45, 7) is 6.71. The Bertz CT molecular complexity index is 287. The van der Waals surface area contributed by atoms with Gasteiger partial charge < -0.3 is 10.1 Å². The lowest BCUT2D eigenvalue weighted by atomic mass is 10.1. The minimum Gasteiger partial charge on any atom is -0.382 e. The lowest BCUT2D eigenvalue weighted by Crippen LogP contribution is -2.25. The number of ether oxygens (including phenoxy) is 1. The van der Waals surface area contributed by atoms with Gasteiger partial charge >= 0.3 is 0 Å². The van der Waals surface area contributed by atoms with Gasteiger partial charge in [-0.15, -0.1) is 5.10 Å². The van der Waals surface area contributed by atoms with Crippen molar-refractivity contribution in [3.05, 3.63) is 11.9 Å². The van der Waals surface area contributed by atoms with E-state index in [2.05, 4.69) is 22.6 Å². The number of aromatic nitrogens is 3. The minimum atomic E-state index is 0.284. The molecule has 0 aliphatic heterocycles. The molecule has 0 amide bonds. The Morgan fingerprint density at radius 1 is 1.50 bits per heavy atom. The zero-order chi connectivity index (χ0) is 11.8. The number of aryl methyl sites for hydroxylation is 1. The van der Waals surface area contributed by atoms with Crippen molar-refractivity contribution in [2.75, 3.05) is 19.8 Å². The van der Waals surface area contributed by atoms with Crippen LogP contribution in [0.5, 0.6) is 0 Å². The van der Waals surface area contributed by atoms with E-state index in [4.69, 9.17) is 4.74 Å². The average Bonchev–Trinajstić information content (AvgIpc) is 2.70. The van der Waals surface area contributed by atoms with E-state index in [0.29, 0.717) is 0 Å². The SMILES string of the molecule is CCCNC(CCOCC)c1cnnn1C. The summed E-state index contributed by atoms with van der Waals surface area (Å²) < 4.78 is 7.21. The predicted octanol–water partition coefficient (Wildman–Crippen LogP) is 1.28. The molecule has 1 aromatic heterocycles. The second-order valence-corrected chi connectivity index (χ2v) is 3.77. The average molecular weight is 226 g/mol. The summed E-state index contributed by atoms with van der Waals surface area (Å²) in [4.78, 5) is 0. The van der Waals surface area contributed by atoms with Crippen LogP contribution in [0.3, 0.4) is 0 Å². The van der Waals surface area contributed by atoms with Crippen molar-refractivity contribution in [3.8, 4) is 0 Å². The monoisotopic (exact) mass is 226 g/mol. The lowest BCUT2D eigenvalue weighted by molar-refractivity contribution is 0.135. The van der Waals surface area contributed by atoms with Crippen molar-refractivity contribution in [2.45, 2.75) is 32.7 Å². The third-order valence-electron chi connectivity index (χ3n) is 2.50. The van der Waals surface area contributed by atoms with E-state index < -0.39 is 0 Å². The molecular weight excluding hydrogens is 204 g/mol. The Balaban J connectivity index is 2.53. The second-order valence-electron chi connectivity index (χ2n) is 3.77. The molecule has 5 heteroatoms. The molecule has 0 spiro atoms.